The normalized spacial score (nSPS) is 27.8. The first-order chi connectivity index (χ1) is 8.88. The number of urea groups is 1. The van der Waals surface area contributed by atoms with E-state index in [9.17, 15) is 9.59 Å². The van der Waals surface area contributed by atoms with E-state index in [2.05, 4.69) is 11.8 Å². The van der Waals surface area contributed by atoms with Crippen LogP contribution in [-0.2, 0) is 4.79 Å². The standard InChI is InChI=1S/C13H23N3O3/c1-9-5-15(8-11(9)14(2)3)13(19)16-6-10(7-16)4-12(17)18/h9-11H,4-8H2,1-3H3,(H,17,18). The van der Waals surface area contributed by atoms with Gasteiger partial charge in [-0.05, 0) is 20.0 Å². The molecule has 2 saturated heterocycles. The van der Waals surface area contributed by atoms with Gasteiger partial charge in [0.25, 0.3) is 0 Å². The maximum atomic E-state index is 12.3. The highest BCUT2D eigenvalue weighted by Crippen LogP contribution is 2.25. The Bertz CT molecular complexity index is 366. The van der Waals surface area contributed by atoms with E-state index in [4.69, 9.17) is 5.11 Å². The Morgan fingerprint density at radius 1 is 1.16 bits per heavy atom. The van der Waals surface area contributed by atoms with Crippen LogP contribution in [0.15, 0.2) is 0 Å². The highest BCUT2D eigenvalue weighted by atomic mass is 16.4. The summed E-state index contributed by atoms with van der Waals surface area (Å²) in [6.07, 6.45) is 0.167. The summed E-state index contributed by atoms with van der Waals surface area (Å²) >= 11 is 0. The average Bonchev–Trinajstić information content (AvgIpc) is 2.64. The van der Waals surface area contributed by atoms with Crippen LogP contribution in [0.1, 0.15) is 13.3 Å². The van der Waals surface area contributed by atoms with E-state index in [-0.39, 0.29) is 18.4 Å². The lowest BCUT2D eigenvalue weighted by Gasteiger charge is -2.40. The van der Waals surface area contributed by atoms with Gasteiger partial charge in [-0.15, -0.1) is 0 Å². The van der Waals surface area contributed by atoms with Gasteiger partial charge >= 0.3 is 12.0 Å². The number of likely N-dealkylation sites (N-methyl/N-ethyl adjacent to an activating group) is 1. The van der Waals surface area contributed by atoms with Gasteiger partial charge in [-0.2, -0.15) is 0 Å². The quantitative estimate of drug-likeness (QED) is 0.805. The third kappa shape index (κ3) is 3.00. The predicted octanol–water partition coefficient (Wildman–Crippen LogP) is 0.395. The van der Waals surface area contributed by atoms with E-state index in [1.54, 1.807) is 4.90 Å². The van der Waals surface area contributed by atoms with Crippen LogP contribution >= 0.6 is 0 Å². The summed E-state index contributed by atoms with van der Waals surface area (Å²) in [6.45, 7) is 4.90. The maximum absolute atomic E-state index is 12.3. The molecule has 0 spiro atoms. The molecule has 2 unspecified atom stereocenters. The third-order valence-corrected chi connectivity index (χ3v) is 4.20. The molecule has 19 heavy (non-hydrogen) atoms. The largest absolute Gasteiger partial charge is 0.481 e. The molecule has 1 N–H and O–H groups in total. The first-order valence-electron chi connectivity index (χ1n) is 6.80. The first kappa shape index (κ1) is 14.1. The van der Waals surface area contributed by atoms with Crippen LogP contribution in [0.2, 0.25) is 0 Å². The van der Waals surface area contributed by atoms with Crippen molar-refractivity contribution in [3.8, 4) is 0 Å². The monoisotopic (exact) mass is 269 g/mol. The van der Waals surface area contributed by atoms with Gasteiger partial charge in [0, 0.05) is 38.1 Å². The highest BCUT2D eigenvalue weighted by molar-refractivity contribution is 5.76. The second-order valence-electron chi connectivity index (χ2n) is 6.06. The van der Waals surface area contributed by atoms with E-state index in [1.165, 1.54) is 0 Å². The van der Waals surface area contributed by atoms with Gasteiger partial charge in [-0.1, -0.05) is 6.92 Å². The zero-order valence-corrected chi connectivity index (χ0v) is 11.9. The summed E-state index contributed by atoms with van der Waals surface area (Å²) in [5.41, 5.74) is 0. The number of carboxylic acids is 1. The first-order valence-corrected chi connectivity index (χ1v) is 6.80. The van der Waals surface area contributed by atoms with Gasteiger partial charge < -0.3 is 19.8 Å². The molecule has 0 bridgehead atoms. The molecule has 0 radical (unpaired) electrons. The fraction of sp³-hybridized carbons (Fsp3) is 0.846. The molecule has 0 aromatic rings. The van der Waals surface area contributed by atoms with Gasteiger partial charge in [0.1, 0.15) is 0 Å². The average molecular weight is 269 g/mol. The van der Waals surface area contributed by atoms with Crippen molar-refractivity contribution < 1.29 is 14.7 Å². The smallest absolute Gasteiger partial charge is 0.320 e. The summed E-state index contributed by atoms with van der Waals surface area (Å²) in [5.74, 6) is -0.166. The van der Waals surface area contributed by atoms with E-state index < -0.39 is 5.97 Å². The Balaban J connectivity index is 1.81. The van der Waals surface area contributed by atoms with E-state index >= 15 is 0 Å². The van der Waals surface area contributed by atoms with E-state index in [1.807, 2.05) is 19.0 Å². The number of carboxylic acid groups (broad SMARTS) is 1. The van der Waals surface area contributed by atoms with Crippen molar-refractivity contribution in [2.24, 2.45) is 11.8 Å². The summed E-state index contributed by atoms with van der Waals surface area (Å²) in [5, 5.41) is 8.70. The number of hydrogen-bond acceptors (Lipinski definition) is 3. The van der Waals surface area contributed by atoms with Crippen LogP contribution in [0.25, 0.3) is 0 Å². The molecule has 6 nitrogen and oxygen atoms in total. The second kappa shape index (κ2) is 5.36. The predicted molar refractivity (Wildman–Crippen MR) is 70.9 cm³/mol. The zero-order chi connectivity index (χ0) is 14.2. The molecule has 2 aliphatic rings. The molecule has 108 valence electrons. The third-order valence-electron chi connectivity index (χ3n) is 4.20. The summed E-state index contributed by atoms with van der Waals surface area (Å²) in [6, 6.07) is 0.484. The van der Waals surface area contributed by atoms with E-state index in [0.717, 1.165) is 13.1 Å². The van der Waals surface area contributed by atoms with Crippen LogP contribution in [0.4, 0.5) is 4.79 Å². The summed E-state index contributed by atoms with van der Waals surface area (Å²) < 4.78 is 0. The Morgan fingerprint density at radius 2 is 1.74 bits per heavy atom. The number of carbonyl (C=O) groups excluding carboxylic acids is 1. The van der Waals surface area contributed by atoms with Crippen LogP contribution in [0, 0.1) is 11.8 Å². The van der Waals surface area contributed by atoms with Crippen LogP contribution < -0.4 is 0 Å². The molecule has 2 atom stereocenters. The molecular formula is C13H23N3O3. The van der Waals surface area contributed by atoms with Crippen molar-refractivity contribution >= 4 is 12.0 Å². The highest BCUT2D eigenvalue weighted by Gasteiger charge is 2.39. The molecule has 0 aromatic carbocycles. The molecule has 0 saturated carbocycles. The van der Waals surface area contributed by atoms with Gasteiger partial charge in [-0.3, -0.25) is 4.79 Å². The molecule has 0 aromatic heterocycles. The molecule has 2 rings (SSSR count). The maximum Gasteiger partial charge on any atom is 0.320 e. The molecule has 6 heteroatoms. The number of hydrogen-bond donors (Lipinski definition) is 1. The van der Waals surface area contributed by atoms with Crippen molar-refractivity contribution in [2.45, 2.75) is 19.4 Å². The lowest BCUT2D eigenvalue weighted by atomic mass is 9.97. The minimum Gasteiger partial charge on any atom is -0.481 e. The van der Waals surface area contributed by atoms with Crippen molar-refractivity contribution in [3.63, 3.8) is 0 Å². The fourth-order valence-corrected chi connectivity index (χ4v) is 3.08. The Kier molecular flexibility index (Phi) is 3.99. The van der Waals surface area contributed by atoms with Gasteiger partial charge in [0.05, 0.1) is 6.42 Å². The fourth-order valence-electron chi connectivity index (χ4n) is 3.08. The number of amides is 2. The number of carbonyl (C=O) groups is 2. The topological polar surface area (TPSA) is 64.1 Å². The second-order valence-corrected chi connectivity index (χ2v) is 6.06. The lowest BCUT2D eigenvalue weighted by molar-refractivity contribution is -0.139. The minimum absolute atomic E-state index is 0.0674. The Morgan fingerprint density at radius 3 is 2.21 bits per heavy atom. The van der Waals surface area contributed by atoms with Crippen molar-refractivity contribution in [1.29, 1.82) is 0 Å². The Hall–Kier alpha value is -1.30. The van der Waals surface area contributed by atoms with Gasteiger partial charge in [0.2, 0.25) is 0 Å². The molecular weight excluding hydrogens is 246 g/mol. The Labute approximate surface area is 114 Å². The zero-order valence-electron chi connectivity index (χ0n) is 11.9. The number of nitrogens with zero attached hydrogens (tertiary/aromatic N) is 3. The summed E-state index contributed by atoms with van der Waals surface area (Å²) in [4.78, 5) is 28.7. The molecule has 2 amide bonds. The number of aliphatic carboxylic acids is 1. The van der Waals surface area contributed by atoms with Crippen LogP contribution in [-0.4, -0.2) is 78.1 Å². The van der Waals surface area contributed by atoms with Crippen molar-refractivity contribution in [2.75, 3.05) is 40.3 Å². The van der Waals surface area contributed by atoms with Gasteiger partial charge in [0.15, 0.2) is 0 Å². The van der Waals surface area contributed by atoms with Crippen LogP contribution in [0.3, 0.4) is 0 Å². The number of rotatable bonds is 3. The SMILES string of the molecule is CC1CN(C(=O)N2CC(CC(=O)O)C2)CC1N(C)C. The molecule has 0 aliphatic carbocycles. The van der Waals surface area contributed by atoms with Crippen molar-refractivity contribution in [1.82, 2.24) is 14.7 Å². The van der Waals surface area contributed by atoms with Crippen LogP contribution in [0.5, 0.6) is 0 Å². The molecule has 2 fully saturated rings. The van der Waals surface area contributed by atoms with Crippen molar-refractivity contribution in [3.05, 3.63) is 0 Å². The molecule has 2 heterocycles. The summed E-state index contributed by atoms with van der Waals surface area (Å²) in [7, 11) is 4.09. The van der Waals surface area contributed by atoms with E-state index in [0.29, 0.717) is 25.0 Å². The lowest BCUT2D eigenvalue weighted by Crippen LogP contribution is -2.55. The van der Waals surface area contributed by atoms with Gasteiger partial charge in [-0.25, -0.2) is 4.79 Å². The minimum atomic E-state index is -0.778. The number of likely N-dealkylation sites (tertiary alicyclic amines) is 2. The molecule has 2 aliphatic heterocycles.